The second-order valence-corrected chi connectivity index (χ2v) is 3.70. The molecule has 0 aromatic heterocycles. The smallest absolute Gasteiger partial charge is 0.306 e. The second kappa shape index (κ2) is 5.25. The van der Waals surface area contributed by atoms with E-state index >= 15 is 0 Å². The Bertz CT molecular complexity index is 385. The molecule has 0 heterocycles. The van der Waals surface area contributed by atoms with Crippen molar-refractivity contribution in [1.82, 2.24) is 0 Å². The highest BCUT2D eigenvalue weighted by molar-refractivity contribution is 5.69. The molecule has 0 aliphatic rings. The molecule has 1 unspecified atom stereocenters. The zero-order valence-electron chi connectivity index (χ0n) is 8.92. The number of carbonyl (C=O) groups is 1. The van der Waals surface area contributed by atoms with Crippen molar-refractivity contribution < 1.29 is 14.8 Å². The van der Waals surface area contributed by atoms with Crippen molar-refractivity contribution in [3.05, 3.63) is 39.9 Å². The Morgan fingerprint density at radius 3 is 2.44 bits per heavy atom. The van der Waals surface area contributed by atoms with Gasteiger partial charge in [-0.2, -0.15) is 0 Å². The van der Waals surface area contributed by atoms with Gasteiger partial charge in [-0.3, -0.25) is 14.9 Å². The first-order chi connectivity index (χ1) is 7.50. The Labute approximate surface area is 92.9 Å². The molecule has 1 aromatic carbocycles. The Hall–Kier alpha value is -1.91. The number of hydrogen-bond acceptors (Lipinski definition) is 3. The lowest BCUT2D eigenvalue weighted by Gasteiger charge is -2.05. The van der Waals surface area contributed by atoms with E-state index < -0.39 is 16.8 Å². The van der Waals surface area contributed by atoms with Gasteiger partial charge in [0.1, 0.15) is 0 Å². The molecule has 16 heavy (non-hydrogen) atoms. The number of nitrogens with zero attached hydrogens (tertiary/aromatic N) is 1. The number of benzene rings is 1. The van der Waals surface area contributed by atoms with Gasteiger partial charge in [0.25, 0.3) is 5.69 Å². The number of hydrogen-bond donors (Lipinski definition) is 1. The lowest BCUT2D eigenvalue weighted by molar-refractivity contribution is -0.384. The maximum Gasteiger partial charge on any atom is 0.306 e. The number of aliphatic carboxylic acids is 1. The standard InChI is InChI=1S/C11H13NO4/c1-8(11(13)14)2-3-9-4-6-10(7-5-9)12(15)16/h4-8H,2-3H2,1H3,(H,13,14). The van der Waals surface area contributed by atoms with Crippen molar-refractivity contribution in [2.45, 2.75) is 19.8 Å². The first kappa shape index (κ1) is 12.2. The van der Waals surface area contributed by atoms with Gasteiger partial charge in [0.2, 0.25) is 0 Å². The quantitative estimate of drug-likeness (QED) is 0.613. The third kappa shape index (κ3) is 3.34. The molecule has 5 heteroatoms. The Kier molecular flexibility index (Phi) is 3.99. The highest BCUT2D eigenvalue weighted by Gasteiger charge is 2.11. The largest absolute Gasteiger partial charge is 0.481 e. The number of non-ortho nitro benzene ring substituents is 1. The zero-order chi connectivity index (χ0) is 12.1. The monoisotopic (exact) mass is 223 g/mol. The Morgan fingerprint density at radius 1 is 1.44 bits per heavy atom. The summed E-state index contributed by atoms with van der Waals surface area (Å²) < 4.78 is 0. The predicted octanol–water partition coefficient (Wildman–Crippen LogP) is 2.25. The molecule has 0 spiro atoms. The first-order valence-electron chi connectivity index (χ1n) is 4.97. The van der Waals surface area contributed by atoms with Crippen LogP contribution in [0.15, 0.2) is 24.3 Å². The van der Waals surface area contributed by atoms with Crippen LogP contribution in [-0.2, 0) is 11.2 Å². The molecule has 0 radical (unpaired) electrons. The van der Waals surface area contributed by atoms with E-state index in [-0.39, 0.29) is 5.69 Å². The molecule has 0 amide bonds. The highest BCUT2D eigenvalue weighted by atomic mass is 16.6. The number of aryl methyl sites for hydroxylation is 1. The summed E-state index contributed by atoms with van der Waals surface area (Å²) in [6, 6.07) is 6.18. The summed E-state index contributed by atoms with van der Waals surface area (Å²) in [6.45, 7) is 1.65. The van der Waals surface area contributed by atoms with Crippen LogP contribution in [0.4, 0.5) is 5.69 Å². The molecule has 1 aromatic rings. The molecule has 0 fully saturated rings. The van der Waals surface area contributed by atoms with E-state index in [9.17, 15) is 14.9 Å². The van der Waals surface area contributed by atoms with E-state index in [0.29, 0.717) is 12.8 Å². The lowest BCUT2D eigenvalue weighted by atomic mass is 10.0. The van der Waals surface area contributed by atoms with Gasteiger partial charge in [0, 0.05) is 12.1 Å². The highest BCUT2D eigenvalue weighted by Crippen LogP contribution is 2.15. The van der Waals surface area contributed by atoms with Gasteiger partial charge < -0.3 is 5.11 Å². The van der Waals surface area contributed by atoms with Crippen molar-refractivity contribution in [2.24, 2.45) is 5.92 Å². The molecular formula is C11H13NO4. The number of rotatable bonds is 5. The third-order valence-corrected chi connectivity index (χ3v) is 2.43. The van der Waals surface area contributed by atoms with Crippen LogP contribution in [0.25, 0.3) is 0 Å². The summed E-state index contributed by atoms with van der Waals surface area (Å²) in [5.74, 6) is -1.21. The Balaban J connectivity index is 2.56. The van der Waals surface area contributed by atoms with Crippen LogP contribution in [0.1, 0.15) is 18.9 Å². The van der Waals surface area contributed by atoms with Gasteiger partial charge in [0.15, 0.2) is 0 Å². The summed E-state index contributed by atoms with van der Waals surface area (Å²) in [7, 11) is 0. The van der Waals surface area contributed by atoms with Crippen molar-refractivity contribution >= 4 is 11.7 Å². The molecule has 86 valence electrons. The van der Waals surface area contributed by atoms with E-state index in [2.05, 4.69) is 0 Å². The maximum absolute atomic E-state index is 10.6. The van der Waals surface area contributed by atoms with Gasteiger partial charge in [-0.1, -0.05) is 19.1 Å². The van der Waals surface area contributed by atoms with Crippen LogP contribution in [-0.4, -0.2) is 16.0 Å². The van der Waals surface area contributed by atoms with E-state index in [1.165, 1.54) is 12.1 Å². The molecule has 0 bridgehead atoms. The van der Waals surface area contributed by atoms with Crippen molar-refractivity contribution in [1.29, 1.82) is 0 Å². The molecule has 1 N–H and O–H groups in total. The lowest BCUT2D eigenvalue weighted by Crippen LogP contribution is -2.10. The van der Waals surface area contributed by atoms with E-state index in [0.717, 1.165) is 5.56 Å². The summed E-state index contributed by atoms with van der Waals surface area (Å²) in [5.41, 5.74) is 0.966. The van der Waals surface area contributed by atoms with Gasteiger partial charge >= 0.3 is 5.97 Å². The molecule has 0 aliphatic carbocycles. The van der Waals surface area contributed by atoms with Gasteiger partial charge in [-0.25, -0.2) is 0 Å². The minimum Gasteiger partial charge on any atom is -0.481 e. The van der Waals surface area contributed by atoms with Crippen LogP contribution in [0.3, 0.4) is 0 Å². The zero-order valence-corrected chi connectivity index (χ0v) is 8.92. The normalized spacial score (nSPS) is 12.1. The molecule has 1 atom stereocenters. The topological polar surface area (TPSA) is 80.4 Å². The molecule has 0 saturated carbocycles. The second-order valence-electron chi connectivity index (χ2n) is 3.70. The van der Waals surface area contributed by atoms with E-state index in [4.69, 9.17) is 5.11 Å². The molecular weight excluding hydrogens is 210 g/mol. The number of nitro benzene ring substituents is 1. The van der Waals surface area contributed by atoms with Crippen molar-refractivity contribution in [2.75, 3.05) is 0 Å². The predicted molar refractivity (Wildman–Crippen MR) is 58.2 cm³/mol. The summed E-state index contributed by atoms with van der Waals surface area (Å²) in [5, 5.41) is 19.1. The van der Waals surface area contributed by atoms with E-state index in [1.807, 2.05) is 0 Å². The van der Waals surface area contributed by atoms with E-state index in [1.54, 1.807) is 19.1 Å². The van der Waals surface area contributed by atoms with Crippen LogP contribution >= 0.6 is 0 Å². The molecule has 5 nitrogen and oxygen atoms in total. The SMILES string of the molecule is CC(CCc1ccc([N+](=O)[O-])cc1)C(=O)O. The number of nitro groups is 1. The van der Waals surface area contributed by atoms with Crippen LogP contribution in [0, 0.1) is 16.0 Å². The minimum atomic E-state index is -0.818. The van der Waals surface area contributed by atoms with Crippen LogP contribution in [0.5, 0.6) is 0 Å². The Morgan fingerprint density at radius 2 is 2.00 bits per heavy atom. The minimum absolute atomic E-state index is 0.0510. The third-order valence-electron chi connectivity index (χ3n) is 2.43. The molecule has 1 rings (SSSR count). The van der Waals surface area contributed by atoms with Crippen molar-refractivity contribution in [3.8, 4) is 0 Å². The van der Waals surface area contributed by atoms with Gasteiger partial charge in [-0.05, 0) is 18.4 Å². The molecule has 0 aliphatic heterocycles. The number of carboxylic acid groups (broad SMARTS) is 1. The average Bonchev–Trinajstić information content (AvgIpc) is 2.26. The van der Waals surface area contributed by atoms with Gasteiger partial charge in [-0.15, -0.1) is 0 Å². The van der Waals surface area contributed by atoms with Gasteiger partial charge in [0.05, 0.1) is 10.8 Å². The fourth-order valence-electron chi connectivity index (χ4n) is 1.29. The average molecular weight is 223 g/mol. The summed E-state index contributed by atoms with van der Waals surface area (Å²) in [6.07, 6.45) is 1.15. The van der Waals surface area contributed by atoms with Crippen molar-refractivity contribution in [3.63, 3.8) is 0 Å². The van der Waals surface area contributed by atoms with Crippen LogP contribution < -0.4 is 0 Å². The van der Waals surface area contributed by atoms with Crippen LogP contribution in [0.2, 0.25) is 0 Å². The fourth-order valence-corrected chi connectivity index (χ4v) is 1.29. The number of carboxylic acids is 1. The fraction of sp³-hybridized carbons (Fsp3) is 0.364. The maximum atomic E-state index is 10.6. The first-order valence-corrected chi connectivity index (χ1v) is 4.97. The molecule has 0 saturated heterocycles. The summed E-state index contributed by atoms with van der Waals surface area (Å²) >= 11 is 0. The summed E-state index contributed by atoms with van der Waals surface area (Å²) in [4.78, 5) is 20.5.